The molecule has 4 aliphatic rings. The lowest BCUT2D eigenvalue weighted by Crippen LogP contribution is -2.55. The van der Waals surface area contributed by atoms with Gasteiger partial charge in [-0.25, -0.2) is 4.90 Å². The highest BCUT2D eigenvalue weighted by molar-refractivity contribution is 7.95. The Morgan fingerprint density at radius 2 is 1.27 bits per heavy atom. The highest BCUT2D eigenvalue weighted by Crippen LogP contribution is 2.65. The number of thiazole rings is 2. The van der Waals surface area contributed by atoms with Gasteiger partial charge in [-0.15, -0.1) is 22.7 Å². The van der Waals surface area contributed by atoms with Gasteiger partial charge in [0.15, 0.2) is 7.91 Å². The van der Waals surface area contributed by atoms with Crippen LogP contribution in [0, 0.1) is 7.91 Å². The molecule has 11 heteroatoms. The number of anilines is 1. The summed E-state index contributed by atoms with van der Waals surface area (Å²) < 4.78 is 8.81. The van der Waals surface area contributed by atoms with Gasteiger partial charge in [0.05, 0.1) is 37.1 Å². The van der Waals surface area contributed by atoms with E-state index in [-0.39, 0.29) is 23.1 Å². The molecule has 4 aliphatic heterocycles. The van der Waals surface area contributed by atoms with Crippen molar-refractivity contribution in [3.63, 3.8) is 0 Å². The van der Waals surface area contributed by atoms with Crippen molar-refractivity contribution in [1.29, 1.82) is 0 Å². The van der Waals surface area contributed by atoms with Crippen molar-refractivity contribution in [1.82, 2.24) is 9.13 Å². The lowest BCUT2D eigenvalue weighted by molar-refractivity contribution is -0.121. The van der Waals surface area contributed by atoms with Crippen LogP contribution in [0.15, 0.2) is 30.3 Å². The van der Waals surface area contributed by atoms with Gasteiger partial charge in [0.2, 0.25) is 11.8 Å². The largest absolute Gasteiger partial charge is 0.322 e. The van der Waals surface area contributed by atoms with Crippen molar-refractivity contribution in [2.75, 3.05) is 4.90 Å². The molecule has 2 bridgehead atoms. The van der Waals surface area contributed by atoms with E-state index in [4.69, 9.17) is 24.4 Å². The minimum absolute atomic E-state index is 0.0485. The van der Waals surface area contributed by atoms with Gasteiger partial charge < -0.3 is 9.13 Å². The molecule has 5 nitrogen and oxygen atoms in total. The number of imide groups is 1. The van der Waals surface area contributed by atoms with Crippen LogP contribution in [-0.2, 0) is 22.7 Å². The van der Waals surface area contributed by atoms with E-state index in [1.165, 1.54) is 25.0 Å². The molecule has 1 saturated heterocycles. The zero-order valence-electron chi connectivity index (χ0n) is 18.1. The topological polar surface area (TPSA) is 47.2 Å². The van der Waals surface area contributed by atoms with Crippen molar-refractivity contribution in [2.24, 2.45) is 0 Å². The van der Waals surface area contributed by atoms with Gasteiger partial charge in [-0.05, 0) is 49.4 Å². The molecular weight excluding hydrogens is 528 g/mol. The molecule has 3 aromatic rings. The van der Waals surface area contributed by atoms with E-state index >= 15 is 0 Å². The lowest BCUT2D eigenvalue weighted by Gasteiger charge is -2.43. The van der Waals surface area contributed by atoms with Crippen LogP contribution in [0.3, 0.4) is 0 Å². The van der Waals surface area contributed by atoms with E-state index in [0.717, 1.165) is 33.8 Å². The SMILES string of the molecule is CCCn1c2c(sc1=S)P1c3c(sc(=S)n3CCC)P2[C@@H]2C(=O)N(c3ccccc3)C(=O)[C@@H]21. The van der Waals surface area contributed by atoms with E-state index < -0.39 is 15.8 Å². The van der Waals surface area contributed by atoms with Crippen LogP contribution in [0.1, 0.15) is 26.7 Å². The second-order valence-electron chi connectivity index (χ2n) is 8.27. The second-order valence-corrected chi connectivity index (χ2v) is 16.5. The second kappa shape index (κ2) is 8.25. The highest BCUT2D eigenvalue weighted by atomic mass is 32.2. The van der Waals surface area contributed by atoms with E-state index in [1.807, 2.05) is 30.3 Å². The van der Waals surface area contributed by atoms with Gasteiger partial charge in [-0.2, -0.15) is 0 Å². The maximum atomic E-state index is 13.9. The number of hydrogen-bond donors (Lipinski definition) is 0. The molecule has 1 aromatic carbocycles. The number of carbonyl (C=O) groups excluding carboxylic acids is 2. The van der Waals surface area contributed by atoms with Crippen LogP contribution in [-0.4, -0.2) is 32.3 Å². The molecule has 0 saturated carbocycles. The fourth-order valence-corrected chi connectivity index (χ4v) is 18.3. The van der Waals surface area contributed by atoms with Gasteiger partial charge in [0.25, 0.3) is 0 Å². The summed E-state index contributed by atoms with van der Waals surface area (Å²) in [5.41, 5.74) is 2.55. The van der Waals surface area contributed by atoms with Crippen LogP contribution < -0.4 is 25.0 Å². The first-order valence-corrected chi connectivity index (χ1v) is 16.2. The van der Waals surface area contributed by atoms with Crippen molar-refractivity contribution in [3.8, 4) is 0 Å². The molecule has 7 rings (SSSR count). The van der Waals surface area contributed by atoms with Crippen molar-refractivity contribution in [2.45, 2.75) is 51.1 Å². The molecule has 1 fully saturated rings. The van der Waals surface area contributed by atoms with Gasteiger partial charge in [-0.1, -0.05) is 32.0 Å². The highest BCUT2D eigenvalue weighted by Gasteiger charge is 2.64. The van der Waals surface area contributed by atoms with Crippen molar-refractivity contribution in [3.05, 3.63) is 38.2 Å². The third kappa shape index (κ3) is 3.00. The molecule has 0 spiro atoms. The molecule has 0 aliphatic carbocycles. The van der Waals surface area contributed by atoms with Gasteiger partial charge in [0.1, 0.15) is 0 Å². The molecule has 0 radical (unpaired) electrons. The molecule has 6 heterocycles. The molecule has 170 valence electrons. The van der Waals surface area contributed by atoms with Gasteiger partial charge in [-0.3, -0.25) is 9.59 Å². The summed E-state index contributed by atoms with van der Waals surface area (Å²) in [4.78, 5) is 29.3. The van der Waals surface area contributed by atoms with Crippen molar-refractivity contribution < 1.29 is 9.59 Å². The van der Waals surface area contributed by atoms with Gasteiger partial charge >= 0.3 is 0 Å². The van der Waals surface area contributed by atoms with Crippen LogP contribution >= 0.6 is 63.0 Å². The molecular formula is C22H21N3O2P2S4. The Labute approximate surface area is 212 Å². The van der Waals surface area contributed by atoms with Crippen LogP contribution in [0.2, 0.25) is 0 Å². The molecule has 2 unspecified atom stereocenters. The number of rotatable bonds is 5. The van der Waals surface area contributed by atoms with E-state index in [1.54, 1.807) is 22.7 Å². The van der Waals surface area contributed by atoms with Crippen molar-refractivity contribution >= 4 is 101 Å². The normalized spacial score (nSPS) is 24.8. The Kier molecular flexibility index (Phi) is 5.60. The first-order valence-electron chi connectivity index (χ1n) is 11.0. The summed E-state index contributed by atoms with van der Waals surface area (Å²) >= 11 is 14.9. The molecule has 2 amide bonds. The number of carbonyl (C=O) groups is 2. The summed E-state index contributed by atoms with van der Waals surface area (Å²) in [6, 6.07) is 9.39. The standard InChI is InChI=1S/C22H21N3O2P2S4/c1-3-10-23-17-19(32-21(23)30)29-14-13(15(26)25(16(14)27)12-8-6-5-7-9-12)28(17)20-18(29)24(11-4-2)22(31)33-20/h5-9,13-14H,3-4,10-11H2,1-2H3/t13-,14+,28?,29?. The quantitative estimate of drug-likeness (QED) is 0.272. The molecule has 0 N–H and O–H groups in total. The monoisotopic (exact) mass is 549 g/mol. The third-order valence-corrected chi connectivity index (χ3v) is 16.7. The fraction of sp³-hybridized carbons (Fsp3) is 0.364. The number of hydrogen-bond acceptors (Lipinski definition) is 6. The maximum absolute atomic E-state index is 13.9. The predicted molar refractivity (Wildman–Crippen MR) is 146 cm³/mol. The van der Waals surface area contributed by atoms with Crippen LogP contribution in [0.25, 0.3) is 0 Å². The summed E-state index contributed by atoms with van der Waals surface area (Å²) in [6.07, 6.45) is 1.96. The number of benzene rings is 1. The zero-order valence-corrected chi connectivity index (χ0v) is 23.1. The maximum Gasteiger partial charge on any atom is 0.243 e. The van der Waals surface area contributed by atoms with E-state index in [2.05, 4.69) is 23.0 Å². The zero-order chi connectivity index (χ0) is 23.0. The number of amides is 2. The Morgan fingerprint density at radius 1 is 0.818 bits per heavy atom. The predicted octanol–water partition coefficient (Wildman–Crippen LogP) is 4.19. The Balaban J connectivity index is 1.62. The third-order valence-electron chi connectivity index (χ3n) is 6.31. The fourth-order valence-electron chi connectivity index (χ4n) is 5.08. The average Bonchev–Trinajstić information content (AvgIpc) is 3.40. The van der Waals surface area contributed by atoms with E-state index in [0.29, 0.717) is 5.69 Å². The lowest BCUT2D eigenvalue weighted by atomic mass is 10.3. The molecule has 33 heavy (non-hydrogen) atoms. The summed E-state index contributed by atoms with van der Waals surface area (Å²) in [5.74, 6) is -0.0970. The average molecular weight is 550 g/mol. The van der Waals surface area contributed by atoms with Gasteiger partial charge in [0, 0.05) is 28.9 Å². The minimum Gasteiger partial charge on any atom is -0.322 e. The summed E-state index contributed by atoms with van der Waals surface area (Å²) in [5, 5.41) is 0. The smallest absolute Gasteiger partial charge is 0.243 e. The van der Waals surface area contributed by atoms with E-state index in [9.17, 15) is 9.59 Å². The Bertz CT molecular complexity index is 1340. The first kappa shape index (κ1) is 22.4. The molecule has 2 aromatic heterocycles. The summed E-state index contributed by atoms with van der Waals surface area (Å²) in [6.45, 7) is 6.02. The summed E-state index contributed by atoms with van der Waals surface area (Å²) in [7, 11) is -2.07. The number of nitrogens with zero attached hydrogens (tertiary/aromatic N) is 3. The van der Waals surface area contributed by atoms with Crippen LogP contribution in [0.5, 0.6) is 0 Å². The number of para-hydroxylation sites is 1. The van der Waals surface area contributed by atoms with Crippen LogP contribution in [0.4, 0.5) is 5.69 Å². The Hall–Kier alpha value is -1.08. The number of aromatic nitrogens is 2. The molecule has 4 atom stereocenters. The Morgan fingerprint density at radius 3 is 1.70 bits per heavy atom. The minimum atomic E-state index is -1.03. The first-order chi connectivity index (χ1) is 16.0.